The van der Waals surface area contributed by atoms with Crippen molar-refractivity contribution in [2.24, 2.45) is 0 Å². The van der Waals surface area contributed by atoms with Gasteiger partial charge < -0.3 is 5.32 Å². The Labute approximate surface area is 147 Å². The van der Waals surface area contributed by atoms with Crippen LogP contribution in [-0.4, -0.2) is 30.1 Å². The SMILES string of the molecule is c1ccc(-c2nc(NCc3nc(C4CC4)n[nH]3)c3ccsc3n2)nc1. The Hall–Kier alpha value is -2.87. The lowest BCUT2D eigenvalue weighted by Crippen LogP contribution is -2.05. The number of nitrogens with zero attached hydrogens (tertiary/aromatic N) is 5. The number of pyridine rings is 1. The predicted octanol–water partition coefficient (Wildman–Crippen LogP) is 3.36. The molecule has 0 aromatic carbocycles. The van der Waals surface area contributed by atoms with Crippen LogP contribution in [0.3, 0.4) is 0 Å². The third-order valence-electron chi connectivity index (χ3n) is 4.13. The number of nitrogens with one attached hydrogen (secondary N) is 2. The van der Waals surface area contributed by atoms with Gasteiger partial charge in [0.05, 0.1) is 11.9 Å². The minimum Gasteiger partial charge on any atom is -0.362 e. The summed E-state index contributed by atoms with van der Waals surface area (Å²) in [6.45, 7) is 0.545. The van der Waals surface area contributed by atoms with Crippen LogP contribution in [-0.2, 0) is 6.54 Å². The number of rotatable bonds is 5. The van der Waals surface area contributed by atoms with Gasteiger partial charge in [0.1, 0.15) is 22.2 Å². The largest absolute Gasteiger partial charge is 0.362 e. The predicted molar refractivity (Wildman–Crippen MR) is 96.3 cm³/mol. The van der Waals surface area contributed by atoms with Gasteiger partial charge in [0.2, 0.25) is 0 Å². The molecule has 8 heteroatoms. The van der Waals surface area contributed by atoms with Crippen LogP contribution >= 0.6 is 11.3 Å². The molecule has 7 nitrogen and oxygen atoms in total. The molecule has 124 valence electrons. The Kier molecular flexibility index (Phi) is 3.41. The molecule has 0 amide bonds. The number of thiophene rings is 1. The summed E-state index contributed by atoms with van der Waals surface area (Å²) < 4.78 is 0. The first-order valence-corrected chi connectivity index (χ1v) is 9.06. The molecule has 1 fully saturated rings. The lowest BCUT2D eigenvalue weighted by molar-refractivity contribution is 0.930. The molecule has 1 aliphatic carbocycles. The summed E-state index contributed by atoms with van der Waals surface area (Å²) in [6.07, 6.45) is 4.14. The smallest absolute Gasteiger partial charge is 0.181 e. The zero-order valence-electron chi connectivity index (χ0n) is 13.3. The van der Waals surface area contributed by atoms with E-state index >= 15 is 0 Å². The number of anilines is 1. The molecular weight excluding hydrogens is 334 g/mol. The number of aromatic nitrogens is 6. The van der Waals surface area contributed by atoms with Gasteiger partial charge in [0.25, 0.3) is 0 Å². The van der Waals surface area contributed by atoms with Crippen LogP contribution in [0.4, 0.5) is 5.82 Å². The molecule has 5 rings (SSSR count). The Morgan fingerprint density at radius 1 is 1.16 bits per heavy atom. The van der Waals surface area contributed by atoms with Gasteiger partial charge in [-0.25, -0.2) is 15.0 Å². The first kappa shape index (κ1) is 14.5. The van der Waals surface area contributed by atoms with Crippen molar-refractivity contribution in [3.05, 3.63) is 47.5 Å². The van der Waals surface area contributed by atoms with E-state index in [4.69, 9.17) is 0 Å². The Balaban J connectivity index is 1.45. The van der Waals surface area contributed by atoms with Crippen molar-refractivity contribution in [1.29, 1.82) is 0 Å². The van der Waals surface area contributed by atoms with E-state index in [1.54, 1.807) is 17.5 Å². The van der Waals surface area contributed by atoms with Crippen LogP contribution < -0.4 is 5.32 Å². The quantitative estimate of drug-likeness (QED) is 0.574. The highest BCUT2D eigenvalue weighted by Crippen LogP contribution is 2.37. The van der Waals surface area contributed by atoms with Crippen molar-refractivity contribution in [3.63, 3.8) is 0 Å². The summed E-state index contributed by atoms with van der Waals surface area (Å²) >= 11 is 1.59. The van der Waals surface area contributed by atoms with Gasteiger partial charge in [-0.05, 0) is 36.4 Å². The highest BCUT2D eigenvalue weighted by Gasteiger charge is 2.27. The minimum absolute atomic E-state index is 0.545. The highest BCUT2D eigenvalue weighted by molar-refractivity contribution is 7.16. The molecule has 0 atom stereocenters. The van der Waals surface area contributed by atoms with Crippen molar-refractivity contribution in [2.75, 3.05) is 5.32 Å². The normalized spacial score (nSPS) is 14.1. The highest BCUT2D eigenvalue weighted by atomic mass is 32.1. The second kappa shape index (κ2) is 5.89. The molecule has 0 radical (unpaired) electrons. The van der Waals surface area contributed by atoms with E-state index < -0.39 is 0 Å². The number of H-pyrrole nitrogens is 1. The Morgan fingerprint density at radius 3 is 2.96 bits per heavy atom. The molecule has 4 heterocycles. The molecule has 0 bridgehead atoms. The lowest BCUT2D eigenvalue weighted by atomic mass is 10.3. The lowest BCUT2D eigenvalue weighted by Gasteiger charge is -2.07. The van der Waals surface area contributed by atoms with Gasteiger partial charge in [-0.15, -0.1) is 11.3 Å². The first-order valence-electron chi connectivity index (χ1n) is 8.18. The van der Waals surface area contributed by atoms with E-state index in [0.717, 1.165) is 33.4 Å². The molecular formula is C17H15N7S. The van der Waals surface area contributed by atoms with Crippen molar-refractivity contribution in [3.8, 4) is 11.5 Å². The zero-order valence-corrected chi connectivity index (χ0v) is 14.1. The van der Waals surface area contributed by atoms with E-state index in [-0.39, 0.29) is 0 Å². The summed E-state index contributed by atoms with van der Waals surface area (Å²) in [7, 11) is 0. The third-order valence-corrected chi connectivity index (χ3v) is 4.94. The van der Waals surface area contributed by atoms with E-state index in [1.807, 2.05) is 29.6 Å². The van der Waals surface area contributed by atoms with Gasteiger partial charge >= 0.3 is 0 Å². The second-order valence-corrected chi connectivity index (χ2v) is 6.91. The van der Waals surface area contributed by atoms with E-state index in [1.165, 1.54) is 12.8 Å². The third kappa shape index (κ3) is 2.85. The minimum atomic E-state index is 0.545. The first-order chi connectivity index (χ1) is 12.4. The summed E-state index contributed by atoms with van der Waals surface area (Å²) in [5, 5.41) is 13.7. The topological polar surface area (TPSA) is 92.3 Å². The zero-order chi connectivity index (χ0) is 16.6. The molecule has 25 heavy (non-hydrogen) atoms. The number of aromatic amines is 1. The molecule has 4 aromatic heterocycles. The van der Waals surface area contributed by atoms with Crippen molar-refractivity contribution < 1.29 is 0 Å². The molecule has 1 aliphatic rings. The van der Waals surface area contributed by atoms with E-state index in [2.05, 4.69) is 35.5 Å². The van der Waals surface area contributed by atoms with Gasteiger partial charge in [-0.3, -0.25) is 10.1 Å². The Bertz CT molecular complexity index is 1020. The summed E-state index contributed by atoms with van der Waals surface area (Å²) in [6, 6.07) is 7.76. The summed E-state index contributed by atoms with van der Waals surface area (Å²) in [4.78, 5) is 19.1. The maximum atomic E-state index is 4.67. The van der Waals surface area contributed by atoms with Gasteiger partial charge in [0.15, 0.2) is 11.6 Å². The van der Waals surface area contributed by atoms with Crippen LogP contribution in [0, 0.1) is 0 Å². The molecule has 0 spiro atoms. The van der Waals surface area contributed by atoms with Crippen LogP contribution in [0.1, 0.15) is 30.4 Å². The summed E-state index contributed by atoms with van der Waals surface area (Å²) in [5.74, 6) is 3.70. The second-order valence-electron chi connectivity index (χ2n) is 6.02. The average molecular weight is 349 g/mol. The monoisotopic (exact) mass is 349 g/mol. The van der Waals surface area contributed by atoms with Crippen LogP contribution in [0.2, 0.25) is 0 Å². The van der Waals surface area contributed by atoms with Gasteiger partial charge in [-0.2, -0.15) is 5.10 Å². The molecule has 2 N–H and O–H groups in total. The van der Waals surface area contributed by atoms with Gasteiger partial charge in [0, 0.05) is 12.1 Å². The number of hydrogen-bond acceptors (Lipinski definition) is 7. The number of hydrogen-bond donors (Lipinski definition) is 2. The summed E-state index contributed by atoms with van der Waals surface area (Å²) in [5.41, 5.74) is 0.761. The molecule has 0 aliphatic heterocycles. The molecule has 4 aromatic rings. The molecule has 1 saturated carbocycles. The van der Waals surface area contributed by atoms with E-state index in [9.17, 15) is 0 Å². The van der Waals surface area contributed by atoms with Crippen molar-refractivity contribution in [2.45, 2.75) is 25.3 Å². The van der Waals surface area contributed by atoms with Gasteiger partial charge in [-0.1, -0.05) is 6.07 Å². The maximum Gasteiger partial charge on any atom is 0.181 e. The van der Waals surface area contributed by atoms with Crippen LogP contribution in [0.5, 0.6) is 0 Å². The number of fused-ring (bicyclic) bond motifs is 1. The standard InChI is InChI=1S/C17H15N7S/c1-2-7-18-12(3-1)16-21-15(11-6-8-25-17(11)22-16)19-9-13-20-14(24-23-13)10-4-5-10/h1-3,6-8,10H,4-5,9H2,(H,19,21,22)(H,20,23,24). The van der Waals surface area contributed by atoms with Crippen LogP contribution in [0.15, 0.2) is 35.8 Å². The fourth-order valence-electron chi connectivity index (χ4n) is 2.68. The van der Waals surface area contributed by atoms with Crippen LogP contribution in [0.25, 0.3) is 21.7 Å². The fraction of sp³-hybridized carbons (Fsp3) is 0.235. The van der Waals surface area contributed by atoms with Crippen molar-refractivity contribution in [1.82, 2.24) is 30.1 Å². The maximum absolute atomic E-state index is 4.67. The van der Waals surface area contributed by atoms with Crippen molar-refractivity contribution >= 4 is 27.4 Å². The molecule has 0 saturated heterocycles. The molecule has 0 unspecified atom stereocenters. The fourth-order valence-corrected chi connectivity index (χ4v) is 3.44. The van der Waals surface area contributed by atoms with E-state index in [0.29, 0.717) is 18.3 Å². The average Bonchev–Trinajstić information content (AvgIpc) is 3.20. The Morgan fingerprint density at radius 2 is 2.12 bits per heavy atom.